The largest absolute Gasteiger partial charge is 0.487 e. The minimum absolute atomic E-state index is 0.0462. The van der Waals surface area contributed by atoms with Gasteiger partial charge in [0.05, 0.1) is 6.54 Å². The molecule has 0 saturated heterocycles. The van der Waals surface area contributed by atoms with Crippen LogP contribution in [0.4, 0.5) is 4.39 Å². The number of amides is 1. The molecule has 0 N–H and O–H groups in total. The molecule has 6 heteroatoms. The third kappa shape index (κ3) is 3.00. The van der Waals surface area contributed by atoms with Gasteiger partial charge in [0.15, 0.2) is 0 Å². The molecule has 1 aliphatic heterocycles. The third-order valence-corrected chi connectivity index (χ3v) is 4.83. The Balaban J connectivity index is 1.43. The molecule has 1 amide bonds. The first kappa shape index (κ1) is 15.2. The van der Waals surface area contributed by atoms with E-state index in [-0.39, 0.29) is 18.3 Å². The molecule has 2 heterocycles. The molecule has 2 aromatic rings. The van der Waals surface area contributed by atoms with Gasteiger partial charge in [-0.1, -0.05) is 13.0 Å². The smallest absolute Gasteiger partial charge is 0.272 e. The van der Waals surface area contributed by atoms with Gasteiger partial charge in [0, 0.05) is 19.2 Å². The zero-order valence-corrected chi connectivity index (χ0v) is 13.6. The van der Waals surface area contributed by atoms with Crippen molar-refractivity contribution in [2.75, 3.05) is 13.1 Å². The predicted molar refractivity (Wildman–Crippen MR) is 86.1 cm³/mol. The second-order valence-corrected chi connectivity index (χ2v) is 6.71. The predicted octanol–water partition coefficient (Wildman–Crippen LogP) is 2.71. The van der Waals surface area contributed by atoms with Crippen molar-refractivity contribution in [3.63, 3.8) is 0 Å². The lowest BCUT2D eigenvalue weighted by Gasteiger charge is -2.27. The Labute approximate surface area is 140 Å². The summed E-state index contributed by atoms with van der Waals surface area (Å²) in [4.78, 5) is 14.5. The van der Waals surface area contributed by atoms with Crippen LogP contribution in [0.5, 0.6) is 5.75 Å². The molecule has 1 aromatic carbocycles. The van der Waals surface area contributed by atoms with Crippen molar-refractivity contribution < 1.29 is 13.9 Å². The fraction of sp³-hybridized carbons (Fsp3) is 0.444. The molecule has 1 aromatic heterocycles. The average Bonchev–Trinajstić information content (AvgIpc) is 3.08. The maximum absolute atomic E-state index is 13.2. The molecule has 5 nitrogen and oxygen atoms in total. The summed E-state index contributed by atoms with van der Waals surface area (Å²) in [5.41, 5.74) is 1.30. The van der Waals surface area contributed by atoms with E-state index in [1.807, 2.05) is 4.90 Å². The zero-order chi connectivity index (χ0) is 16.7. The van der Waals surface area contributed by atoms with Crippen molar-refractivity contribution in [1.29, 1.82) is 0 Å². The summed E-state index contributed by atoms with van der Waals surface area (Å²) in [6.45, 7) is 4.71. The Morgan fingerprint density at radius 2 is 2.17 bits per heavy atom. The van der Waals surface area contributed by atoms with Gasteiger partial charge >= 0.3 is 0 Å². The molecule has 24 heavy (non-hydrogen) atoms. The number of hydrogen-bond donors (Lipinski definition) is 0. The number of carbonyl (C=O) groups is 1. The van der Waals surface area contributed by atoms with Crippen molar-refractivity contribution in [1.82, 2.24) is 14.7 Å². The summed E-state index contributed by atoms with van der Waals surface area (Å²) >= 11 is 0. The van der Waals surface area contributed by atoms with E-state index < -0.39 is 0 Å². The van der Waals surface area contributed by atoms with Crippen LogP contribution in [0.15, 0.2) is 30.3 Å². The van der Waals surface area contributed by atoms with Crippen LogP contribution in [0, 0.1) is 17.7 Å². The van der Waals surface area contributed by atoms with Crippen molar-refractivity contribution in [3.8, 4) is 5.75 Å². The second-order valence-electron chi connectivity index (χ2n) is 6.71. The van der Waals surface area contributed by atoms with Crippen molar-refractivity contribution >= 4 is 5.91 Å². The molecule has 1 fully saturated rings. The summed E-state index contributed by atoms with van der Waals surface area (Å²) in [5.74, 6) is 1.55. The Bertz CT molecular complexity index is 773. The maximum Gasteiger partial charge on any atom is 0.272 e. The fourth-order valence-corrected chi connectivity index (χ4v) is 3.19. The molecule has 126 valence electrons. The lowest BCUT2D eigenvalue weighted by molar-refractivity contribution is 0.0686. The van der Waals surface area contributed by atoms with Crippen LogP contribution in [-0.2, 0) is 13.2 Å². The average molecular weight is 329 g/mol. The lowest BCUT2D eigenvalue weighted by Crippen LogP contribution is -2.41. The normalized spacial score (nSPS) is 22.4. The molecule has 2 atom stereocenters. The van der Waals surface area contributed by atoms with Gasteiger partial charge in [-0.05, 0) is 36.5 Å². The topological polar surface area (TPSA) is 47.4 Å². The number of carbonyl (C=O) groups excluding carboxylic acids is 1. The summed E-state index contributed by atoms with van der Waals surface area (Å²) in [6, 6.07) is 7.78. The van der Waals surface area contributed by atoms with Crippen LogP contribution in [0.3, 0.4) is 0 Å². The lowest BCUT2D eigenvalue weighted by atomic mass is 10.2. The maximum atomic E-state index is 13.2. The van der Waals surface area contributed by atoms with E-state index in [4.69, 9.17) is 4.74 Å². The number of rotatable bonds is 5. The Morgan fingerprint density at radius 3 is 2.92 bits per heavy atom. The highest BCUT2D eigenvalue weighted by Crippen LogP contribution is 2.38. The van der Waals surface area contributed by atoms with E-state index in [1.54, 1.807) is 22.9 Å². The van der Waals surface area contributed by atoms with E-state index in [0.29, 0.717) is 36.1 Å². The summed E-state index contributed by atoms with van der Waals surface area (Å²) < 4.78 is 20.5. The number of aromatic nitrogens is 2. The zero-order valence-electron chi connectivity index (χ0n) is 13.6. The van der Waals surface area contributed by atoms with Gasteiger partial charge in [0.25, 0.3) is 5.91 Å². The molecular weight excluding hydrogens is 309 g/mol. The van der Waals surface area contributed by atoms with Crippen LogP contribution >= 0.6 is 0 Å². The highest BCUT2D eigenvalue weighted by atomic mass is 19.1. The second kappa shape index (κ2) is 5.92. The first-order chi connectivity index (χ1) is 11.6. The van der Waals surface area contributed by atoms with Crippen LogP contribution in [-0.4, -0.2) is 33.7 Å². The first-order valence-electron chi connectivity index (χ1n) is 8.34. The number of nitrogens with zero attached hydrogens (tertiary/aromatic N) is 3. The Morgan fingerprint density at radius 1 is 1.33 bits per heavy atom. The fourth-order valence-electron chi connectivity index (χ4n) is 3.19. The number of halogens is 1. The Hall–Kier alpha value is -2.37. The van der Waals surface area contributed by atoms with Crippen molar-refractivity contribution in [2.24, 2.45) is 11.8 Å². The molecule has 0 spiro atoms. The number of hydrogen-bond acceptors (Lipinski definition) is 3. The van der Waals surface area contributed by atoms with E-state index >= 15 is 0 Å². The molecule has 0 radical (unpaired) electrons. The monoisotopic (exact) mass is 329 g/mol. The van der Waals surface area contributed by atoms with Crippen LogP contribution in [0.1, 0.15) is 29.5 Å². The van der Waals surface area contributed by atoms with Gasteiger partial charge in [0.2, 0.25) is 0 Å². The molecule has 4 rings (SSSR count). The number of fused-ring (bicyclic) bond motifs is 1. The molecule has 1 saturated carbocycles. The molecule has 0 unspecified atom stereocenters. The van der Waals surface area contributed by atoms with Crippen molar-refractivity contribution in [2.45, 2.75) is 26.5 Å². The first-order valence-corrected chi connectivity index (χ1v) is 8.34. The molecule has 0 bridgehead atoms. The van der Waals surface area contributed by atoms with Gasteiger partial charge in [-0.25, -0.2) is 4.39 Å². The van der Waals surface area contributed by atoms with E-state index in [9.17, 15) is 9.18 Å². The summed E-state index contributed by atoms with van der Waals surface area (Å²) in [7, 11) is 0. The van der Waals surface area contributed by atoms with Gasteiger partial charge in [0.1, 0.15) is 29.6 Å². The van der Waals surface area contributed by atoms with Crippen LogP contribution in [0.2, 0.25) is 0 Å². The number of benzene rings is 1. The quantitative estimate of drug-likeness (QED) is 0.847. The molecular formula is C18H20FN3O2. The van der Waals surface area contributed by atoms with Gasteiger partial charge < -0.3 is 9.64 Å². The van der Waals surface area contributed by atoms with Gasteiger partial charge in [-0.3, -0.25) is 9.48 Å². The Kier molecular flexibility index (Phi) is 3.75. The van der Waals surface area contributed by atoms with E-state index in [2.05, 4.69) is 12.0 Å². The SMILES string of the molecule is C[C@H]1C[C@@H]1CN1CCn2nc(COc3cccc(F)c3)cc2C1=O. The molecule has 1 aliphatic carbocycles. The third-order valence-electron chi connectivity index (χ3n) is 4.83. The van der Waals surface area contributed by atoms with Gasteiger partial charge in [-0.15, -0.1) is 0 Å². The van der Waals surface area contributed by atoms with Crippen LogP contribution < -0.4 is 4.74 Å². The number of ether oxygens (including phenoxy) is 1. The summed E-state index contributed by atoms with van der Waals surface area (Å²) in [6.07, 6.45) is 1.22. The van der Waals surface area contributed by atoms with E-state index in [0.717, 1.165) is 12.5 Å². The summed E-state index contributed by atoms with van der Waals surface area (Å²) in [5, 5.41) is 4.43. The van der Waals surface area contributed by atoms with Crippen molar-refractivity contribution in [3.05, 3.63) is 47.5 Å². The minimum atomic E-state index is -0.336. The highest BCUT2D eigenvalue weighted by molar-refractivity contribution is 5.93. The standard InChI is InChI=1S/C18H20FN3O2/c1-12-7-13(12)10-21-5-6-22-17(18(21)23)9-15(20-22)11-24-16-4-2-3-14(19)8-16/h2-4,8-9,12-13H,5-7,10-11H2,1H3/t12-,13+/m0/s1. The minimum Gasteiger partial charge on any atom is -0.487 e. The molecule has 2 aliphatic rings. The van der Waals surface area contributed by atoms with E-state index in [1.165, 1.54) is 18.6 Å². The van der Waals surface area contributed by atoms with Gasteiger partial charge in [-0.2, -0.15) is 5.10 Å². The van der Waals surface area contributed by atoms with Crippen LogP contribution in [0.25, 0.3) is 0 Å². The highest BCUT2D eigenvalue weighted by Gasteiger charge is 2.37.